The lowest BCUT2D eigenvalue weighted by Crippen LogP contribution is -1.98. The first-order valence-corrected chi connectivity index (χ1v) is 4.53. The topological polar surface area (TPSA) is 52.6 Å². The Balaban J connectivity index is 3.75. The summed E-state index contributed by atoms with van der Waals surface area (Å²) < 4.78 is 42.0. The maximum absolute atomic E-state index is 11.4. The molecular weight excluding hydrogens is 205 g/mol. The van der Waals surface area contributed by atoms with Gasteiger partial charge in [-0.05, 0) is 11.5 Å². The van der Waals surface area contributed by atoms with Gasteiger partial charge < -0.3 is 4.74 Å². The lowest BCUT2D eigenvalue weighted by atomic mass is 10.7. The van der Waals surface area contributed by atoms with Crippen molar-refractivity contribution in [2.45, 2.75) is 6.92 Å². The van der Waals surface area contributed by atoms with Crippen LogP contribution in [0, 0.1) is 0 Å². The highest BCUT2D eigenvalue weighted by Gasteiger charge is 2.32. The molecule has 0 amide bonds. The van der Waals surface area contributed by atoms with Crippen LogP contribution in [0.1, 0.15) is 6.92 Å². The summed E-state index contributed by atoms with van der Waals surface area (Å²) in [6.07, 6.45) is -1.56. The van der Waals surface area contributed by atoms with Gasteiger partial charge in [0.25, 0.3) is 6.08 Å². The van der Waals surface area contributed by atoms with Gasteiger partial charge in [0, 0.05) is 6.08 Å². The number of rotatable bonds is 5. The fraction of sp³-hybridized carbons (Fsp3) is 0.500. The highest BCUT2D eigenvalue weighted by atomic mass is 31.1. The zero-order valence-corrected chi connectivity index (χ0v) is 7.72. The summed E-state index contributed by atoms with van der Waals surface area (Å²) in [6.45, 7) is 1.04. The molecule has 0 fully saturated rings. The van der Waals surface area contributed by atoms with Crippen molar-refractivity contribution in [3.63, 3.8) is 0 Å². The molecule has 0 aromatic heterocycles. The summed E-state index contributed by atoms with van der Waals surface area (Å²) in [4.78, 5) is 10.6. The van der Waals surface area contributed by atoms with Crippen molar-refractivity contribution in [1.82, 2.24) is 0 Å². The molecule has 7 heteroatoms. The van der Waals surface area contributed by atoms with Crippen LogP contribution in [0.4, 0.5) is 13.6 Å². The van der Waals surface area contributed by atoms with E-state index in [1.165, 1.54) is 0 Å². The van der Waals surface area contributed by atoms with Crippen LogP contribution >= 0.6 is 8.03 Å². The molecule has 0 heterocycles. The average Bonchev–Trinajstić information content (AvgIpc) is 2.04. The summed E-state index contributed by atoms with van der Waals surface area (Å²) in [5.74, 6) is 0. The zero-order chi connectivity index (χ0) is 10.3. The van der Waals surface area contributed by atoms with Crippen molar-refractivity contribution in [1.29, 1.82) is 0 Å². The SMILES string of the molecule is CCO[P+](=O)C(=O)OCC=C(F)F. The molecule has 0 N–H and O–H groups in total. The summed E-state index contributed by atoms with van der Waals surface area (Å²) in [7, 11) is -2.56. The van der Waals surface area contributed by atoms with Crippen LogP contribution in [0.5, 0.6) is 0 Å². The predicted molar refractivity (Wildman–Crippen MR) is 40.9 cm³/mol. The van der Waals surface area contributed by atoms with Gasteiger partial charge >= 0.3 is 13.7 Å². The Kier molecular flexibility index (Phi) is 6.18. The van der Waals surface area contributed by atoms with Gasteiger partial charge in [0.1, 0.15) is 13.2 Å². The van der Waals surface area contributed by atoms with E-state index in [4.69, 9.17) is 0 Å². The Bertz CT molecular complexity index is 225. The largest absolute Gasteiger partial charge is 0.636 e. The maximum Gasteiger partial charge on any atom is 0.636 e. The number of carbonyl (C=O) groups excluding carboxylic acids is 1. The minimum Gasteiger partial charge on any atom is -0.421 e. The third-order valence-corrected chi connectivity index (χ3v) is 1.76. The Morgan fingerprint density at radius 3 is 2.62 bits per heavy atom. The number of hydrogen-bond donors (Lipinski definition) is 0. The maximum atomic E-state index is 11.4. The third-order valence-electron chi connectivity index (χ3n) is 0.840. The van der Waals surface area contributed by atoms with Gasteiger partial charge in [-0.3, -0.25) is 0 Å². The highest BCUT2D eigenvalue weighted by Crippen LogP contribution is 2.24. The Morgan fingerprint density at radius 2 is 2.15 bits per heavy atom. The molecule has 0 saturated carbocycles. The van der Waals surface area contributed by atoms with Gasteiger partial charge in [-0.25, -0.2) is 0 Å². The summed E-state index contributed by atoms with van der Waals surface area (Å²) >= 11 is 0. The highest BCUT2D eigenvalue weighted by molar-refractivity contribution is 7.58. The molecule has 0 aliphatic heterocycles. The van der Waals surface area contributed by atoms with E-state index in [2.05, 4.69) is 9.26 Å². The molecule has 0 radical (unpaired) electrons. The van der Waals surface area contributed by atoms with Crippen molar-refractivity contribution < 1.29 is 27.4 Å². The standard InChI is InChI=1S/C6H8F2O4P/c1-2-12-13(10)6(9)11-4-3-5(7)8/h3H,2,4H2,1H3/q+1. The van der Waals surface area contributed by atoms with Gasteiger partial charge in [0.15, 0.2) is 0 Å². The Morgan fingerprint density at radius 1 is 1.54 bits per heavy atom. The van der Waals surface area contributed by atoms with Crippen LogP contribution in [0.15, 0.2) is 12.2 Å². The van der Waals surface area contributed by atoms with E-state index >= 15 is 0 Å². The predicted octanol–water partition coefficient (Wildman–Crippen LogP) is 2.68. The molecule has 74 valence electrons. The van der Waals surface area contributed by atoms with E-state index in [1.54, 1.807) is 6.92 Å². The molecule has 0 aliphatic carbocycles. The van der Waals surface area contributed by atoms with Crippen LogP contribution in [-0.4, -0.2) is 18.9 Å². The quantitative estimate of drug-likeness (QED) is 0.658. The molecule has 4 nitrogen and oxygen atoms in total. The van der Waals surface area contributed by atoms with Crippen molar-refractivity contribution in [2.75, 3.05) is 13.2 Å². The summed E-state index contributed by atoms with van der Waals surface area (Å²) in [5, 5.41) is 0. The van der Waals surface area contributed by atoms with E-state index in [-0.39, 0.29) is 6.61 Å². The number of halogens is 2. The van der Waals surface area contributed by atoms with E-state index in [9.17, 15) is 18.1 Å². The first-order valence-electron chi connectivity index (χ1n) is 3.36. The third kappa shape index (κ3) is 6.31. The molecule has 1 atom stereocenters. The smallest absolute Gasteiger partial charge is 0.421 e. The lowest BCUT2D eigenvalue weighted by Gasteiger charge is -1.89. The van der Waals surface area contributed by atoms with E-state index in [1.807, 2.05) is 0 Å². The molecular formula is C6H8F2O4P+. The average molecular weight is 213 g/mol. The van der Waals surface area contributed by atoms with Gasteiger partial charge in [0.2, 0.25) is 0 Å². The Hall–Kier alpha value is -0.870. The van der Waals surface area contributed by atoms with Crippen molar-refractivity contribution in [3.05, 3.63) is 12.2 Å². The molecule has 0 bridgehead atoms. The summed E-state index contributed by atoms with van der Waals surface area (Å²) in [5.41, 5.74) is -1.13. The second-order valence-corrected chi connectivity index (χ2v) is 2.88. The number of hydrogen-bond acceptors (Lipinski definition) is 4. The molecule has 0 aliphatic rings. The Labute approximate surface area is 74.4 Å². The molecule has 0 spiro atoms. The normalized spacial score (nSPS) is 10.5. The molecule has 0 aromatic carbocycles. The zero-order valence-electron chi connectivity index (χ0n) is 6.83. The van der Waals surface area contributed by atoms with E-state index in [0.717, 1.165) is 0 Å². The first kappa shape index (κ1) is 12.1. The van der Waals surface area contributed by atoms with Crippen molar-refractivity contribution >= 4 is 13.7 Å². The fourth-order valence-electron chi connectivity index (χ4n) is 0.399. The molecule has 1 unspecified atom stereocenters. The van der Waals surface area contributed by atoms with Gasteiger partial charge in [-0.15, -0.1) is 4.52 Å². The van der Waals surface area contributed by atoms with Crippen LogP contribution in [0.3, 0.4) is 0 Å². The molecule has 13 heavy (non-hydrogen) atoms. The monoisotopic (exact) mass is 213 g/mol. The number of ether oxygens (including phenoxy) is 1. The van der Waals surface area contributed by atoms with Crippen LogP contribution in [0.25, 0.3) is 0 Å². The van der Waals surface area contributed by atoms with Crippen LogP contribution < -0.4 is 0 Å². The van der Waals surface area contributed by atoms with Crippen molar-refractivity contribution in [2.24, 2.45) is 0 Å². The van der Waals surface area contributed by atoms with E-state index in [0.29, 0.717) is 6.08 Å². The lowest BCUT2D eigenvalue weighted by molar-refractivity contribution is 0.178. The van der Waals surface area contributed by atoms with Crippen LogP contribution in [0.2, 0.25) is 0 Å². The minimum atomic E-state index is -2.56. The van der Waals surface area contributed by atoms with Gasteiger partial charge in [-0.2, -0.15) is 13.6 Å². The van der Waals surface area contributed by atoms with Crippen molar-refractivity contribution in [3.8, 4) is 0 Å². The first-order chi connectivity index (χ1) is 6.07. The number of carbonyl (C=O) groups is 1. The fourth-order valence-corrected chi connectivity index (χ4v) is 0.918. The molecule has 0 saturated heterocycles. The molecule has 0 rings (SSSR count). The summed E-state index contributed by atoms with van der Waals surface area (Å²) in [6, 6.07) is 0. The molecule has 0 aromatic rings. The second kappa shape index (κ2) is 6.62. The second-order valence-electron chi connectivity index (χ2n) is 1.75. The van der Waals surface area contributed by atoms with Gasteiger partial charge in [-0.1, -0.05) is 0 Å². The van der Waals surface area contributed by atoms with E-state index < -0.39 is 26.4 Å². The minimum absolute atomic E-state index is 0.0949. The van der Waals surface area contributed by atoms with Gasteiger partial charge in [0.05, 0.1) is 0 Å². The van der Waals surface area contributed by atoms with Crippen LogP contribution in [-0.2, 0) is 13.8 Å².